The molecule has 0 bridgehead atoms. The Balaban J connectivity index is 2.91. The third kappa shape index (κ3) is 2.85. The number of alkyl halides is 2. The number of rotatable bonds is 3. The molecular weight excluding hydrogens is 217 g/mol. The lowest BCUT2D eigenvalue weighted by Crippen LogP contribution is -2.30. The Bertz CT molecular complexity index is 330. The Morgan fingerprint density at radius 1 is 1.50 bits per heavy atom. The van der Waals surface area contributed by atoms with Crippen molar-refractivity contribution in [1.29, 1.82) is 0 Å². The maximum atomic E-state index is 12.9. The van der Waals surface area contributed by atoms with Gasteiger partial charge in [-0.3, -0.25) is 0 Å². The fourth-order valence-corrected chi connectivity index (χ4v) is 1.12. The highest BCUT2D eigenvalue weighted by Crippen LogP contribution is 2.21. The summed E-state index contributed by atoms with van der Waals surface area (Å²) in [6.45, 7) is -0.834. The fourth-order valence-electron chi connectivity index (χ4n) is 0.939. The minimum atomic E-state index is -3.13. The van der Waals surface area contributed by atoms with E-state index in [1.807, 2.05) is 0 Å². The van der Waals surface area contributed by atoms with Gasteiger partial charge >= 0.3 is 0 Å². The first-order chi connectivity index (χ1) is 6.44. The van der Waals surface area contributed by atoms with Crippen molar-refractivity contribution in [3.63, 3.8) is 0 Å². The highest BCUT2D eigenvalue weighted by molar-refractivity contribution is 6.30. The third-order valence-corrected chi connectivity index (χ3v) is 1.83. The molecule has 0 amide bonds. The molecule has 0 aliphatic heterocycles. The normalized spacial score (nSPS) is 11.8. The van der Waals surface area contributed by atoms with Crippen molar-refractivity contribution in [3.8, 4) is 0 Å². The highest BCUT2D eigenvalue weighted by atomic mass is 35.5. The highest BCUT2D eigenvalue weighted by Gasteiger charge is 2.28. The van der Waals surface area contributed by atoms with Crippen LogP contribution in [0.1, 0.15) is 5.56 Å². The van der Waals surface area contributed by atoms with Crippen molar-refractivity contribution in [3.05, 3.63) is 28.8 Å². The van der Waals surface area contributed by atoms with Crippen LogP contribution >= 0.6 is 11.6 Å². The molecule has 0 unspecified atom stereocenters. The summed E-state index contributed by atoms with van der Waals surface area (Å²) in [5, 5.41) is 0.120. The summed E-state index contributed by atoms with van der Waals surface area (Å²) < 4.78 is 38.5. The molecule has 1 aromatic heterocycles. The minimum Gasteiger partial charge on any atom is -0.325 e. The molecule has 0 fully saturated rings. The molecule has 0 aromatic carbocycles. The van der Waals surface area contributed by atoms with Crippen LogP contribution in [0.2, 0.25) is 5.02 Å². The van der Waals surface area contributed by atoms with E-state index in [1.165, 1.54) is 0 Å². The van der Waals surface area contributed by atoms with Gasteiger partial charge in [-0.05, 0) is 6.07 Å². The lowest BCUT2D eigenvalue weighted by atomic mass is 10.1. The standard InChI is InChI=1S/C8H8ClF3N2/c9-6-1-5(7(10)14-3-6)2-8(11,12)4-13/h1,3H,2,4,13H2. The molecule has 6 heteroatoms. The van der Waals surface area contributed by atoms with Crippen LogP contribution in [-0.4, -0.2) is 17.5 Å². The van der Waals surface area contributed by atoms with E-state index >= 15 is 0 Å². The van der Waals surface area contributed by atoms with Crippen LogP contribution in [0.25, 0.3) is 0 Å². The average molecular weight is 225 g/mol. The molecule has 1 aromatic rings. The third-order valence-electron chi connectivity index (χ3n) is 1.63. The molecule has 0 aliphatic carbocycles. The summed E-state index contributed by atoms with van der Waals surface area (Å²) >= 11 is 5.48. The summed E-state index contributed by atoms with van der Waals surface area (Å²) in [6.07, 6.45) is 0.268. The summed E-state index contributed by atoms with van der Waals surface area (Å²) in [5.41, 5.74) is 4.59. The van der Waals surface area contributed by atoms with Gasteiger partial charge in [-0.1, -0.05) is 11.6 Å². The van der Waals surface area contributed by atoms with Crippen molar-refractivity contribution >= 4 is 11.6 Å². The topological polar surface area (TPSA) is 38.9 Å². The molecule has 0 atom stereocenters. The van der Waals surface area contributed by atoms with Gasteiger partial charge in [0.15, 0.2) is 0 Å². The Kier molecular flexibility index (Phi) is 3.34. The number of nitrogens with two attached hydrogens (primary N) is 1. The maximum absolute atomic E-state index is 12.9. The molecular formula is C8H8ClF3N2. The van der Waals surface area contributed by atoms with Gasteiger partial charge in [0.25, 0.3) is 5.92 Å². The molecule has 78 valence electrons. The van der Waals surface area contributed by atoms with Crippen LogP contribution in [0.3, 0.4) is 0 Å². The van der Waals surface area contributed by atoms with E-state index in [0.717, 1.165) is 12.3 Å². The van der Waals surface area contributed by atoms with E-state index in [4.69, 9.17) is 17.3 Å². The number of nitrogens with zero attached hydrogens (tertiary/aromatic N) is 1. The van der Waals surface area contributed by atoms with Crippen LogP contribution < -0.4 is 5.73 Å². The van der Waals surface area contributed by atoms with E-state index < -0.39 is 24.8 Å². The zero-order valence-corrected chi connectivity index (χ0v) is 7.86. The smallest absolute Gasteiger partial charge is 0.264 e. The van der Waals surface area contributed by atoms with Gasteiger partial charge in [0, 0.05) is 18.2 Å². The Labute approximate surface area is 83.9 Å². The molecule has 2 N–H and O–H groups in total. The molecule has 1 heterocycles. The monoisotopic (exact) mass is 224 g/mol. The van der Waals surface area contributed by atoms with Crippen molar-refractivity contribution in [2.24, 2.45) is 5.73 Å². The van der Waals surface area contributed by atoms with Gasteiger partial charge in [-0.25, -0.2) is 13.8 Å². The molecule has 14 heavy (non-hydrogen) atoms. The number of hydrogen-bond acceptors (Lipinski definition) is 2. The molecule has 0 saturated heterocycles. The van der Waals surface area contributed by atoms with E-state index in [-0.39, 0.29) is 10.6 Å². The Hall–Kier alpha value is -0.810. The summed E-state index contributed by atoms with van der Waals surface area (Å²) in [6, 6.07) is 1.12. The Morgan fingerprint density at radius 3 is 2.71 bits per heavy atom. The van der Waals surface area contributed by atoms with Gasteiger partial charge in [-0.15, -0.1) is 0 Å². The molecule has 0 aliphatic rings. The SMILES string of the molecule is NCC(F)(F)Cc1cc(Cl)cnc1F. The second-order valence-corrected chi connectivity index (χ2v) is 3.28. The first-order valence-corrected chi connectivity index (χ1v) is 4.20. The first-order valence-electron chi connectivity index (χ1n) is 3.82. The first kappa shape index (κ1) is 11.3. The van der Waals surface area contributed by atoms with Crippen molar-refractivity contribution in [2.75, 3.05) is 6.54 Å². The summed E-state index contributed by atoms with van der Waals surface area (Å²) in [5.74, 6) is -4.07. The van der Waals surface area contributed by atoms with Crippen molar-refractivity contribution in [1.82, 2.24) is 4.98 Å². The van der Waals surface area contributed by atoms with Crippen LogP contribution in [0.5, 0.6) is 0 Å². The number of aromatic nitrogens is 1. The lowest BCUT2D eigenvalue weighted by Gasteiger charge is -2.13. The molecule has 0 spiro atoms. The zero-order valence-electron chi connectivity index (χ0n) is 7.11. The predicted octanol–water partition coefficient (Wildman–Crippen LogP) is 2.01. The number of pyridine rings is 1. The van der Waals surface area contributed by atoms with Crippen LogP contribution in [-0.2, 0) is 6.42 Å². The molecule has 1 rings (SSSR count). The Morgan fingerprint density at radius 2 is 2.14 bits per heavy atom. The van der Waals surface area contributed by atoms with E-state index in [0.29, 0.717) is 0 Å². The predicted molar refractivity (Wildman–Crippen MR) is 46.9 cm³/mol. The van der Waals surface area contributed by atoms with Crippen LogP contribution in [0.4, 0.5) is 13.2 Å². The average Bonchev–Trinajstić information content (AvgIpc) is 2.11. The lowest BCUT2D eigenvalue weighted by molar-refractivity contribution is 0.0105. The summed E-state index contributed by atoms with van der Waals surface area (Å²) in [7, 11) is 0. The zero-order chi connectivity index (χ0) is 10.8. The summed E-state index contributed by atoms with van der Waals surface area (Å²) in [4.78, 5) is 3.22. The molecule has 0 saturated carbocycles. The largest absolute Gasteiger partial charge is 0.325 e. The van der Waals surface area contributed by atoms with Gasteiger partial charge in [0.1, 0.15) is 0 Å². The second-order valence-electron chi connectivity index (χ2n) is 2.84. The quantitative estimate of drug-likeness (QED) is 0.798. The van der Waals surface area contributed by atoms with Crippen molar-refractivity contribution in [2.45, 2.75) is 12.3 Å². The van der Waals surface area contributed by atoms with Crippen LogP contribution in [0, 0.1) is 5.95 Å². The second kappa shape index (κ2) is 4.14. The van der Waals surface area contributed by atoms with Gasteiger partial charge in [0.05, 0.1) is 11.6 Å². The van der Waals surface area contributed by atoms with Crippen LogP contribution in [0.15, 0.2) is 12.3 Å². The maximum Gasteiger partial charge on any atom is 0.264 e. The van der Waals surface area contributed by atoms with E-state index in [1.54, 1.807) is 0 Å². The minimum absolute atomic E-state index is 0.120. The van der Waals surface area contributed by atoms with Crippen molar-refractivity contribution < 1.29 is 13.2 Å². The fraction of sp³-hybridized carbons (Fsp3) is 0.375. The van der Waals surface area contributed by atoms with E-state index in [2.05, 4.69) is 4.98 Å². The molecule has 2 nitrogen and oxygen atoms in total. The number of halogens is 4. The van der Waals surface area contributed by atoms with E-state index in [9.17, 15) is 13.2 Å². The number of hydrogen-bond donors (Lipinski definition) is 1. The van der Waals surface area contributed by atoms with Gasteiger partial charge in [0.2, 0.25) is 5.95 Å². The van der Waals surface area contributed by atoms with Gasteiger partial charge < -0.3 is 5.73 Å². The molecule has 0 radical (unpaired) electrons. The van der Waals surface area contributed by atoms with Gasteiger partial charge in [-0.2, -0.15) is 4.39 Å².